The lowest BCUT2D eigenvalue weighted by atomic mass is 10.1. The highest BCUT2D eigenvalue weighted by Crippen LogP contribution is 2.21. The van der Waals surface area contributed by atoms with Gasteiger partial charge >= 0.3 is 0 Å². The highest BCUT2D eigenvalue weighted by molar-refractivity contribution is 7.89. The molecule has 0 aliphatic carbocycles. The lowest BCUT2D eigenvalue weighted by Gasteiger charge is -2.23. The maximum atomic E-state index is 13.3. The molecule has 0 aliphatic heterocycles. The predicted octanol–water partition coefficient (Wildman–Crippen LogP) is 3.06. The van der Waals surface area contributed by atoms with Gasteiger partial charge in [0.2, 0.25) is 15.9 Å². The average Bonchev–Trinajstić information content (AvgIpc) is 2.60. The number of nitrogens with zero attached hydrogens (tertiary/aromatic N) is 1. The lowest BCUT2D eigenvalue weighted by molar-refractivity contribution is -0.121. The number of sulfonamides is 1. The SMILES string of the molecule is Cc1ccc(C)c(S(=O)(=O)N(CCc2ccccc2)CC(=O)NC(C)C)c1. The fourth-order valence-electron chi connectivity index (χ4n) is 2.83. The molecule has 2 rings (SSSR count). The van der Waals surface area contributed by atoms with E-state index in [2.05, 4.69) is 5.32 Å². The summed E-state index contributed by atoms with van der Waals surface area (Å²) < 4.78 is 27.9. The van der Waals surface area contributed by atoms with Crippen LogP contribution in [0.25, 0.3) is 0 Å². The second kappa shape index (κ2) is 9.15. The first kappa shape index (κ1) is 21.1. The predicted molar refractivity (Wildman–Crippen MR) is 108 cm³/mol. The molecule has 0 saturated heterocycles. The summed E-state index contributed by atoms with van der Waals surface area (Å²) in [5.41, 5.74) is 2.58. The third kappa shape index (κ3) is 5.91. The Morgan fingerprint density at radius 2 is 1.74 bits per heavy atom. The van der Waals surface area contributed by atoms with Crippen molar-refractivity contribution in [1.29, 1.82) is 0 Å². The van der Waals surface area contributed by atoms with Crippen molar-refractivity contribution in [3.63, 3.8) is 0 Å². The van der Waals surface area contributed by atoms with Gasteiger partial charge in [0.05, 0.1) is 11.4 Å². The molecule has 1 amide bonds. The van der Waals surface area contributed by atoms with Crippen LogP contribution < -0.4 is 5.32 Å². The minimum atomic E-state index is -3.78. The van der Waals surface area contributed by atoms with E-state index in [1.54, 1.807) is 19.1 Å². The molecule has 2 aromatic carbocycles. The van der Waals surface area contributed by atoms with Crippen molar-refractivity contribution in [1.82, 2.24) is 9.62 Å². The van der Waals surface area contributed by atoms with E-state index in [-0.39, 0.29) is 29.9 Å². The molecule has 0 bridgehead atoms. The van der Waals surface area contributed by atoms with Gasteiger partial charge in [-0.05, 0) is 56.9 Å². The molecule has 0 unspecified atom stereocenters. The van der Waals surface area contributed by atoms with Crippen molar-refractivity contribution in [3.05, 3.63) is 65.2 Å². The molecule has 0 aliphatic rings. The van der Waals surface area contributed by atoms with E-state index in [9.17, 15) is 13.2 Å². The summed E-state index contributed by atoms with van der Waals surface area (Å²) in [7, 11) is -3.78. The third-order valence-corrected chi connectivity index (χ3v) is 6.21. The molecule has 0 radical (unpaired) electrons. The second-order valence-corrected chi connectivity index (χ2v) is 8.97. The summed E-state index contributed by atoms with van der Waals surface area (Å²) in [5, 5.41) is 2.78. The molecule has 0 saturated carbocycles. The maximum absolute atomic E-state index is 13.3. The van der Waals surface area contributed by atoms with Gasteiger partial charge in [-0.25, -0.2) is 8.42 Å². The zero-order valence-corrected chi connectivity index (χ0v) is 17.2. The van der Waals surface area contributed by atoms with Crippen molar-refractivity contribution in [2.24, 2.45) is 0 Å². The van der Waals surface area contributed by atoms with E-state index in [0.717, 1.165) is 11.1 Å². The Morgan fingerprint density at radius 1 is 1.07 bits per heavy atom. The molecule has 146 valence electrons. The van der Waals surface area contributed by atoms with Gasteiger partial charge < -0.3 is 5.32 Å². The third-order valence-electron chi connectivity index (χ3n) is 4.22. The maximum Gasteiger partial charge on any atom is 0.243 e. The Balaban J connectivity index is 2.31. The van der Waals surface area contributed by atoms with E-state index < -0.39 is 10.0 Å². The van der Waals surface area contributed by atoms with E-state index in [0.29, 0.717) is 12.0 Å². The molecule has 27 heavy (non-hydrogen) atoms. The monoisotopic (exact) mass is 388 g/mol. The summed E-state index contributed by atoms with van der Waals surface area (Å²) >= 11 is 0. The topological polar surface area (TPSA) is 66.5 Å². The van der Waals surface area contributed by atoms with E-state index in [4.69, 9.17) is 0 Å². The fourth-order valence-corrected chi connectivity index (χ4v) is 4.54. The van der Waals surface area contributed by atoms with Crippen molar-refractivity contribution in [2.45, 2.75) is 45.1 Å². The van der Waals surface area contributed by atoms with Crippen molar-refractivity contribution in [3.8, 4) is 0 Å². The van der Waals surface area contributed by atoms with E-state index in [1.807, 2.05) is 57.2 Å². The lowest BCUT2D eigenvalue weighted by Crippen LogP contribution is -2.43. The molecular formula is C21H28N2O3S. The van der Waals surface area contributed by atoms with Crippen LogP contribution in [0.1, 0.15) is 30.5 Å². The zero-order valence-electron chi connectivity index (χ0n) is 16.4. The molecule has 0 spiro atoms. The van der Waals surface area contributed by atoms with Crippen LogP contribution >= 0.6 is 0 Å². The number of hydrogen-bond donors (Lipinski definition) is 1. The molecule has 2 aromatic rings. The molecule has 0 atom stereocenters. The average molecular weight is 389 g/mol. The van der Waals surface area contributed by atoms with Gasteiger partial charge in [0.25, 0.3) is 0 Å². The first-order valence-corrected chi connectivity index (χ1v) is 10.5. The fraction of sp³-hybridized carbons (Fsp3) is 0.381. The Kier molecular flexibility index (Phi) is 7.16. The number of carbonyl (C=O) groups is 1. The van der Waals surface area contributed by atoms with Crippen molar-refractivity contribution >= 4 is 15.9 Å². The van der Waals surface area contributed by atoms with Crippen molar-refractivity contribution < 1.29 is 13.2 Å². The summed E-state index contributed by atoms with van der Waals surface area (Å²) in [5.74, 6) is -0.299. The van der Waals surface area contributed by atoms with Gasteiger partial charge in [0.1, 0.15) is 0 Å². The van der Waals surface area contributed by atoms with Gasteiger partial charge in [0, 0.05) is 12.6 Å². The van der Waals surface area contributed by atoms with Gasteiger partial charge in [-0.15, -0.1) is 0 Å². The van der Waals surface area contributed by atoms with E-state index in [1.165, 1.54) is 4.31 Å². The quantitative estimate of drug-likeness (QED) is 0.756. The first-order valence-electron chi connectivity index (χ1n) is 9.11. The van der Waals surface area contributed by atoms with Crippen LogP contribution in [-0.4, -0.2) is 37.8 Å². The first-order chi connectivity index (χ1) is 12.7. The van der Waals surface area contributed by atoms with Crippen molar-refractivity contribution in [2.75, 3.05) is 13.1 Å². The molecule has 0 fully saturated rings. The normalized spacial score (nSPS) is 11.8. The molecule has 0 heterocycles. The van der Waals surface area contributed by atoms with Crippen LogP contribution in [0.15, 0.2) is 53.4 Å². The summed E-state index contributed by atoms with van der Waals surface area (Å²) in [6, 6.07) is 15.0. The van der Waals surface area contributed by atoms with Crippen LogP contribution in [0.3, 0.4) is 0 Å². The Morgan fingerprint density at radius 3 is 2.37 bits per heavy atom. The summed E-state index contributed by atoms with van der Waals surface area (Å²) in [6.07, 6.45) is 0.542. The van der Waals surface area contributed by atoms with Crippen LogP contribution in [0.4, 0.5) is 0 Å². The van der Waals surface area contributed by atoms with Gasteiger partial charge in [-0.1, -0.05) is 42.5 Å². The number of benzene rings is 2. The zero-order chi connectivity index (χ0) is 20.0. The molecule has 1 N–H and O–H groups in total. The van der Waals surface area contributed by atoms with Gasteiger partial charge in [-0.2, -0.15) is 4.31 Å². The van der Waals surface area contributed by atoms with E-state index >= 15 is 0 Å². The smallest absolute Gasteiger partial charge is 0.243 e. The summed E-state index contributed by atoms with van der Waals surface area (Å²) in [4.78, 5) is 12.5. The number of amides is 1. The highest BCUT2D eigenvalue weighted by Gasteiger charge is 2.28. The second-order valence-electron chi connectivity index (χ2n) is 7.07. The largest absolute Gasteiger partial charge is 0.353 e. The number of rotatable bonds is 8. The number of aryl methyl sites for hydroxylation is 2. The van der Waals surface area contributed by atoms with Crippen LogP contribution in [0.2, 0.25) is 0 Å². The van der Waals surface area contributed by atoms with Gasteiger partial charge in [0.15, 0.2) is 0 Å². The summed E-state index contributed by atoms with van der Waals surface area (Å²) in [6.45, 7) is 7.39. The van der Waals surface area contributed by atoms with Crippen LogP contribution in [0, 0.1) is 13.8 Å². The molecular weight excluding hydrogens is 360 g/mol. The van der Waals surface area contributed by atoms with Crippen LogP contribution in [-0.2, 0) is 21.2 Å². The molecule has 5 nitrogen and oxygen atoms in total. The Hall–Kier alpha value is -2.18. The Bertz CT molecular complexity index is 878. The standard InChI is InChI=1S/C21H28N2O3S/c1-16(2)22-21(24)15-23(13-12-19-8-6-5-7-9-19)27(25,26)20-14-17(3)10-11-18(20)4/h5-11,14,16H,12-13,15H2,1-4H3,(H,22,24). The number of nitrogens with one attached hydrogen (secondary N) is 1. The molecule has 0 aromatic heterocycles. The van der Waals surface area contributed by atoms with Gasteiger partial charge in [-0.3, -0.25) is 4.79 Å². The molecule has 6 heteroatoms. The number of carbonyl (C=O) groups excluding carboxylic acids is 1. The number of hydrogen-bond acceptors (Lipinski definition) is 3. The Labute approximate surface area is 162 Å². The van der Waals surface area contributed by atoms with Crippen LogP contribution in [0.5, 0.6) is 0 Å². The minimum absolute atomic E-state index is 0.0446. The minimum Gasteiger partial charge on any atom is -0.353 e. The highest BCUT2D eigenvalue weighted by atomic mass is 32.2.